The van der Waals surface area contributed by atoms with Gasteiger partial charge in [0.15, 0.2) is 0 Å². The second-order valence-corrected chi connectivity index (χ2v) is 17.7. The van der Waals surface area contributed by atoms with Crippen molar-refractivity contribution in [1.82, 2.24) is 40.0 Å². The van der Waals surface area contributed by atoms with Crippen LogP contribution in [-0.4, -0.2) is 83.0 Å². The number of carboxylic acid groups (broad SMARTS) is 1. The van der Waals surface area contributed by atoms with Crippen molar-refractivity contribution in [3.63, 3.8) is 0 Å². The Labute approximate surface area is 356 Å². The van der Waals surface area contributed by atoms with E-state index in [1.165, 1.54) is 36.9 Å². The van der Waals surface area contributed by atoms with Crippen LogP contribution < -0.4 is 5.32 Å². The van der Waals surface area contributed by atoms with Gasteiger partial charge in [0, 0.05) is 36.9 Å². The van der Waals surface area contributed by atoms with Gasteiger partial charge in [-0.1, -0.05) is 92.7 Å². The van der Waals surface area contributed by atoms with Crippen LogP contribution in [0.4, 0.5) is 4.79 Å². The van der Waals surface area contributed by atoms with Gasteiger partial charge >= 0.3 is 6.09 Å². The summed E-state index contributed by atoms with van der Waals surface area (Å²) in [5, 5.41) is 14.0. The summed E-state index contributed by atoms with van der Waals surface area (Å²) in [6.45, 7) is 5.31. The number of hydrogen-bond acceptors (Lipinski definition) is 6. The SMILES string of the molecule is CC(C)C(NC(=O)O)C(=O)N1CCCC1c1ncc(-c2ccc3cc(-c4ccc(-c5cnc(C6CCCN6C=C(c6ccccc6)N(C6CC6)C6CC6)[nH]5)cc4)ccc3c2)[nH]1. The van der Waals surface area contributed by atoms with Gasteiger partial charge in [0.2, 0.25) is 5.91 Å². The molecule has 10 rings (SSSR count). The van der Waals surface area contributed by atoms with E-state index < -0.39 is 12.1 Å². The highest BCUT2D eigenvalue weighted by Crippen LogP contribution is 2.44. The fraction of sp³-hybridized carbons (Fsp3) is 0.360. The van der Waals surface area contributed by atoms with Crippen molar-refractivity contribution in [2.24, 2.45) is 5.92 Å². The Balaban J connectivity index is 0.827. The quantitative estimate of drug-likeness (QED) is 0.0912. The number of imidazole rings is 2. The summed E-state index contributed by atoms with van der Waals surface area (Å²) in [6.07, 6.45) is 14.1. The Morgan fingerprint density at radius 2 is 1.30 bits per heavy atom. The lowest BCUT2D eigenvalue weighted by atomic mass is 9.98. The number of aromatic amines is 2. The van der Waals surface area contributed by atoms with E-state index in [2.05, 4.69) is 122 Å². The highest BCUT2D eigenvalue weighted by molar-refractivity contribution is 5.91. The number of nitrogens with zero attached hydrogens (tertiary/aromatic N) is 5. The minimum Gasteiger partial charge on any atom is -0.465 e. The molecule has 0 spiro atoms. The Kier molecular flexibility index (Phi) is 10.3. The molecule has 4 fully saturated rings. The van der Waals surface area contributed by atoms with Crippen LogP contribution in [0, 0.1) is 5.92 Å². The number of amides is 2. The molecule has 11 heteroatoms. The number of carbonyl (C=O) groups is 2. The van der Waals surface area contributed by atoms with Crippen molar-refractivity contribution < 1.29 is 14.7 Å². The summed E-state index contributed by atoms with van der Waals surface area (Å²) >= 11 is 0. The van der Waals surface area contributed by atoms with Gasteiger partial charge in [-0.3, -0.25) is 4.79 Å². The van der Waals surface area contributed by atoms with Crippen LogP contribution in [0.3, 0.4) is 0 Å². The molecule has 3 unspecified atom stereocenters. The van der Waals surface area contributed by atoms with Crippen LogP contribution in [0.25, 0.3) is 50.1 Å². The number of benzene rings is 4. The smallest absolute Gasteiger partial charge is 0.405 e. The largest absolute Gasteiger partial charge is 0.465 e. The fourth-order valence-electron chi connectivity index (χ4n) is 9.57. The first-order valence-corrected chi connectivity index (χ1v) is 22.1. The molecule has 11 nitrogen and oxygen atoms in total. The molecular weight excluding hydrogens is 761 g/mol. The molecule has 4 heterocycles. The number of likely N-dealkylation sites (tertiary alicyclic amines) is 2. The number of H-pyrrole nitrogens is 2. The van der Waals surface area contributed by atoms with E-state index in [-0.39, 0.29) is 23.9 Å². The maximum absolute atomic E-state index is 13.5. The van der Waals surface area contributed by atoms with E-state index in [0.717, 1.165) is 88.3 Å². The highest BCUT2D eigenvalue weighted by Gasteiger charge is 2.41. The van der Waals surface area contributed by atoms with Gasteiger partial charge in [0.25, 0.3) is 0 Å². The molecule has 312 valence electrons. The molecule has 2 aliphatic carbocycles. The first-order chi connectivity index (χ1) is 29.8. The molecule has 2 aromatic heterocycles. The fourth-order valence-corrected chi connectivity index (χ4v) is 9.57. The average Bonchev–Trinajstić information content (AvgIpc) is 3.99. The molecule has 3 atom stereocenters. The van der Waals surface area contributed by atoms with Crippen molar-refractivity contribution >= 4 is 28.5 Å². The third-order valence-electron chi connectivity index (χ3n) is 13.1. The van der Waals surface area contributed by atoms with Gasteiger partial charge in [0.05, 0.1) is 41.6 Å². The predicted molar refractivity (Wildman–Crippen MR) is 239 cm³/mol. The molecular formula is C50H54N8O3. The molecule has 0 radical (unpaired) electrons. The zero-order chi connectivity index (χ0) is 41.6. The minimum absolute atomic E-state index is 0.170. The number of aromatic nitrogens is 4. The number of hydrogen-bond donors (Lipinski definition) is 4. The maximum atomic E-state index is 13.5. The van der Waals surface area contributed by atoms with Gasteiger partial charge in [-0.25, -0.2) is 14.8 Å². The lowest BCUT2D eigenvalue weighted by molar-refractivity contribution is -0.135. The van der Waals surface area contributed by atoms with E-state index in [1.807, 2.05) is 26.2 Å². The van der Waals surface area contributed by atoms with Crippen LogP contribution in [0.1, 0.15) is 94.5 Å². The van der Waals surface area contributed by atoms with E-state index in [0.29, 0.717) is 18.6 Å². The van der Waals surface area contributed by atoms with E-state index in [4.69, 9.17) is 9.97 Å². The van der Waals surface area contributed by atoms with Crippen molar-refractivity contribution in [3.05, 3.63) is 127 Å². The van der Waals surface area contributed by atoms with Crippen molar-refractivity contribution in [2.45, 2.75) is 95.4 Å². The van der Waals surface area contributed by atoms with E-state index in [9.17, 15) is 14.7 Å². The summed E-state index contributed by atoms with van der Waals surface area (Å²) in [4.78, 5) is 48.8. The Bertz CT molecular complexity index is 2560. The molecule has 4 aliphatic rings. The monoisotopic (exact) mass is 814 g/mol. The van der Waals surface area contributed by atoms with Crippen LogP contribution in [0.5, 0.6) is 0 Å². The first kappa shape index (κ1) is 38.8. The molecule has 0 bridgehead atoms. The Morgan fingerprint density at radius 1 is 0.721 bits per heavy atom. The number of carbonyl (C=O) groups excluding carboxylic acids is 1. The van der Waals surface area contributed by atoms with Gasteiger partial charge in [-0.15, -0.1) is 0 Å². The van der Waals surface area contributed by atoms with E-state index >= 15 is 0 Å². The van der Waals surface area contributed by atoms with Gasteiger partial charge < -0.3 is 35.1 Å². The highest BCUT2D eigenvalue weighted by atomic mass is 16.4. The Hall–Kier alpha value is -6.36. The normalized spacial score (nSPS) is 19.8. The number of rotatable bonds is 13. The second-order valence-electron chi connectivity index (χ2n) is 17.7. The predicted octanol–water partition coefficient (Wildman–Crippen LogP) is 10.0. The first-order valence-electron chi connectivity index (χ1n) is 22.1. The van der Waals surface area contributed by atoms with Crippen LogP contribution in [0.2, 0.25) is 0 Å². The third kappa shape index (κ3) is 8.01. The van der Waals surface area contributed by atoms with E-state index in [1.54, 1.807) is 4.90 Å². The zero-order valence-corrected chi connectivity index (χ0v) is 34.9. The Morgan fingerprint density at radius 3 is 1.95 bits per heavy atom. The number of fused-ring (bicyclic) bond motifs is 1. The topological polar surface area (TPSA) is 133 Å². The molecule has 2 aliphatic heterocycles. The third-order valence-corrected chi connectivity index (χ3v) is 13.1. The van der Waals surface area contributed by atoms with Crippen molar-refractivity contribution in [2.75, 3.05) is 13.1 Å². The lowest BCUT2D eigenvalue weighted by Gasteiger charge is -2.31. The minimum atomic E-state index is -1.19. The summed E-state index contributed by atoms with van der Waals surface area (Å²) in [6, 6.07) is 33.2. The molecule has 2 saturated carbocycles. The average molecular weight is 815 g/mol. The zero-order valence-electron chi connectivity index (χ0n) is 34.9. The maximum Gasteiger partial charge on any atom is 0.405 e. The summed E-state index contributed by atoms with van der Waals surface area (Å²) in [5.74, 6) is 1.38. The lowest BCUT2D eigenvalue weighted by Crippen LogP contribution is -2.50. The molecule has 61 heavy (non-hydrogen) atoms. The van der Waals surface area contributed by atoms with Gasteiger partial charge in [-0.2, -0.15) is 0 Å². The van der Waals surface area contributed by atoms with Gasteiger partial charge in [-0.05, 0) is 102 Å². The summed E-state index contributed by atoms with van der Waals surface area (Å²) in [7, 11) is 0. The summed E-state index contributed by atoms with van der Waals surface area (Å²) < 4.78 is 0. The van der Waals surface area contributed by atoms with Crippen LogP contribution >= 0.6 is 0 Å². The standard InChI is InChI=1S/C50H54N8O3/c1-31(2)46(55-50(60)61)49(59)57-25-7-11-44(57)48-52-29-42(54-48)38-19-18-36-26-35(16-17-37(36)27-38)32-12-14-33(15-13-32)41-28-51-47(53-41)43-10-6-24-56(43)30-45(34-8-4-3-5-9-34)58(39-20-21-39)40-22-23-40/h3-5,8-9,12-19,26-31,39-40,43-44,46,55H,6-7,10-11,20-25H2,1-2H3,(H,51,53)(H,52,54)(H,60,61). The molecule has 2 amide bonds. The molecule has 6 aromatic rings. The van der Waals surface area contributed by atoms with Crippen molar-refractivity contribution in [3.8, 4) is 33.6 Å². The number of nitrogens with one attached hydrogen (secondary N) is 3. The molecule has 4 N–H and O–H groups in total. The molecule has 4 aromatic carbocycles. The second kappa shape index (κ2) is 16.2. The van der Waals surface area contributed by atoms with Gasteiger partial charge in [0.1, 0.15) is 17.7 Å². The molecule has 2 saturated heterocycles. The van der Waals surface area contributed by atoms with Crippen LogP contribution in [0.15, 0.2) is 110 Å². The van der Waals surface area contributed by atoms with Crippen LogP contribution in [-0.2, 0) is 4.79 Å². The summed E-state index contributed by atoms with van der Waals surface area (Å²) in [5.41, 5.74) is 9.03. The van der Waals surface area contributed by atoms with Crippen molar-refractivity contribution in [1.29, 1.82) is 0 Å².